The Balaban J connectivity index is 2.41. The number of benzene rings is 1. The quantitative estimate of drug-likeness (QED) is 0.676. The summed E-state index contributed by atoms with van der Waals surface area (Å²) >= 11 is 0. The van der Waals surface area contributed by atoms with Crippen molar-refractivity contribution in [2.45, 2.75) is 19.3 Å². The fraction of sp³-hybridized carbons (Fsp3) is 0.375. The molecule has 4 nitrogen and oxygen atoms in total. The largest absolute Gasteiger partial charge is 0.481 e. The summed E-state index contributed by atoms with van der Waals surface area (Å²) in [5.41, 5.74) is -0.0732. The molecule has 0 spiro atoms. The van der Waals surface area contributed by atoms with Gasteiger partial charge >= 0.3 is 11.9 Å². The SMILES string of the molecule is COC(=O)[C@]1(Cc2ccccc2)CC=CC[C@@H]1C(=O)O. The van der Waals surface area contributed by atoms with Crippen LogP contribution in [0.5, 0.6) is 0 Å². The van der Waals surface area contributed by atoms with E-state index in [2.05, 4.69) is 0 Å². The first-order valence-corrected chi connectivity index (χ1v) is 6.60. The number of aliphatic carboxylic acids is 1. The second kappa shape index (κ2) is 5.90. The highest BCUT2D eigenvalue weighted by Gasteiger charge is 2.50. The third kappa shape index (κ3) is 2.59. The van der Waals surface area contributed by atoms with E-state index in [0.29, 0.717) is 19.3 Å². The fourth-order valence-corrected chi connectivity index (χ4v) is 2.89. The number of ether oxygens (including phenoxy) is 1. The van der Waals surface area contributed by atoms with E-state index in [4.69, 9.17) is 4.74 Å². The second-order valence-corrected chi connectivity index (χ2v) is 5.11. The molecule has 20 heavy (non-hydrogen) atoms. The van der Waals surface area contributed by atoms with Crippen molar-refractivity contribution in [3.05, 3.63) is 48.0 Å². The first-order chi connectivity index (χ1) is 9.60. The molecule has 0 heterocycles. The molecule has 0 bridgehead atoms. The van der Waals surface area contributed by atoms with E-state index in [1.54, 1.807) is 0 Å². The maximum atomic E-state index is 12.3. The van der Waals surface area contributed by atoms with Crippen LogP contribution in [0.4, 0.5) is 0 Å². The van der Waals surface area contributed by atoms with Crippen molar-refractivity contribution >= 4 is 11.9 Å². The Kier molecular flexibility index (Phi) is 4.23. The van der Waals surface area contributed by atoms with Crippen molar-refractivity contribution in [2.75, 3.05) is 7.11 Å². The van der Waals surface area contributed by atoms with Gasteiger partial charge in [0.25, 0.3) is 0 Å². The number of carboxylic acid groups (broad SMARTS) is 1. The van der Waals surface area contributed by atoms with Gasteiger partial charge in [0.2, 0.25) is 0 Å². The Bertz CT molecular complexity index is 521. The molecule has 0 aliphatic heterocycles. The van der Waals surface area contributed by atoms with Crippen LogP contribution < -0.4 is 0 Å². The molecule has 4 heteroatoms. The van der Waals surface area contributed by atoms with Crippen LogP contribution in [-0.2, 0) is 20.7 Å². The Morgan fingerprint density at radius 2 is 2.00 bits per heavy atom. The smallest absolute Gasteiger partial charge is 0.313 e. The summed E-state index contributed by atoms with van der Waals surface area (Å²) in [6.07, 6.45) is 4.83. The average molecular weight is 274 g/mol. The number of methoxy groups -OCH3 is 1. The lowest BCUT2D eigenvalue weighted by Crippen LogP contribution is -2.46. The standard InChI is InChI=1S/C16H18O4/c1-20-15(19)16(11-12-7-3-2-4-8-12)10-6-5-9-13(16)14(17)18/h2-8,13H,9-11H2,1H3,(H,17,18)/t13-,16+/m1/s1. The number of carbonyl (C=O) groups is 2. The van der Waals surface area contributed by atoms with Gasteiger partial charge < -0.3 is 9.84 Å². The van der Waals surface area contributed by atoms with Gasteiger partial charge in [-0.25, -0.2) is 0 Å². The second-order valence-electron chi connectivity index (χ2n) is 5.11. The summed E-state index contributed by atoms with van der Waals surface area (Å²) in [4.78, 5) is 23.8. The van der Waals surface area contributed by atoms with E-state index in [1.807, 2.05) is 42.5 Å². The summed E-state index contributed by atoms with van der Waals surface area (Å²) in [5.74, 6) is -2.14. The number of allylic oxidation sites excluding steroid dienone is 2. The molecule has 0 radical (unpaired) electrons. The van der Waals surface area contributed by atoms with Crippen molar-refractivity contribution in [2.24, 2.45) is 11.3 Å². The van der Waals surface area contributed by atoms with Crippen LogP contribution in [0.1, 0.15) is 18.4 Å². The molecule has 2 atom stereocenters. The summed E-state index contributed by atoms with van der Waals surface area (Å²) in [6, 6.07) is 9.47. The maximum absolute atomic E-state index is 12.3. The van der Waals surface area contributed by atoms with Gasteiger partial charge in [-0.15, -0.1) is 0 Å². The van der Waals surface area contributed by atoms with Crippen molar-refractivity contribution < 1.29 is 19.4 Å². The van der Waals surface area contributed by atoms with Crippen molar-refractivity contribution in [3.8, 4) is 0 Å². The van der Waals surface area contributed by atoms with Gasteiger partial charge in [-0.3, -0.25) is 9.59 Å². The van der Waals surface area contributed by atoms with E-state index in [9.17, 15) is 14.7 Å². The first-order valence-electron chi connectivity index (χ1n) is 6.60. The van der Waals surface area contributed by atoms with Crippen molar-refractivity contribution in [3.63, 3.8) is 0 Å². The average Bonchev–Trinajstić information content (AvgIpc) is 2.47. The molecule has 1 aliphatic rings. The molecular formula is C16H18O4. The maximum Gasteiger partial charge on any atom is 0.313 e. The van der Waals surface area contributed by atoms with Crippen LogP contribution in [0.3, 0.4) is 0 Å². The third-order valence-corrected chi connectivity index (χ3v) is 3.94. The Labute approximate surface area is 118 Å². The fourth-order valence-electron chi connectivity index (χ4n) is 2.89. The lowest BCUT2D eigenvalue weighted by molar-refractivity contribution is -0.165. The molecule has 0 fully saturated rings. The Morgan fingerprint density at radius 3 is 2.60 bits per heavy atom. The van der Waals surface area contributed by atoms with Crippen LogP contribution in [0.25, 0.3) is 0 Å². The Hall–Kier alpha value is -2.10. The van der Waals surface area contributed by atoms with E-state index in [1.165, 1.54) is 7.11 Å². The summed E-state index contributed by atoms with van der Waals surface area (Å²) in [7, 11) is 1.31. The van der Waals surface area contributed by atoms with E-state index in [0.717, 1.165) is 5.56 Å². The molecule has 0 unspecified atom stereocenters. The van der Waals surface area contributed by atoms with Crippen LogP contribution in [-0.4, -0.2) is 24.2 Å². The minimum atomic E-state index is -1.02. The third-order valence-electron chi connectivity index (χ3n) is 3.94. The molecule has 0 aromatic heterocycles. The molecule has 2 rings (SSSR count). The van der Waals surface area contributed by atoms with Crippen molar-refractivity contribution in [1.82, 2.24) is 0 Å². The number of carboxylic acids is 1. The van der Waals surface area contributed by atoms with Gasteiger partial charge in [0.15, 0.2) is 0 Å². The van der Waals surface area contributed by atoms with Crippen LogP contribution in [0.15, 0.2) is 42.5 Å². The van der Waals surface area contributed by atoms with E-state index in [-0.39, 0.29) is 0 Å². The van der Waals surface area contributed by atoms with Crippen LogP contribution in [0, 0.1) is 11.3 Å². The summed E-state index contributed by atoms with van der Waals surface area (Å²) < 4.78 is 4.91. The number of rotatable bonds is 4. The monoisotopic (exact) mass is 274 g/mol. The predicted octanol–water partition coefficient (Wildman–Crippen LogP) is 2.44. The van der Waals surface area contributed by atoms with Gasteiger partial charge in [0.05, 0.1) is 18.4 Å². The van der Waals surface area contributed by atoms with Gasteiger partial charge in [0.1, 0.15) is 0 Å². The highest BCUT2D eigenvalue weighted by molar-refractivity contribution is 5.85. The normalized spacial score (nSPS) is 25.1. The minimum absolute atomic E-state index is 0.358. The van der Waals surface area contributed by atoms with Gasteiger partial charge in [-0.05, 0) is 24.8 Å². The predicted molar refractivity (Wildman–Crippen MR) is 74.1 cm³/mol. The molecule has 1 aliphatic carbocycles. The van der Waals surface area contributed by atoms with Gasteiger partial charge in [-0.2, -0.15) is 0 Å². The number of esters is 1. The number of hydrogen-bond donors (Lipinski definition) is 1. The zero-order valence-corrected chi connectivity index (χ0v) is 11.4. The van der Waals surface area contributed by atoms with Gasteiger partial charge in [-0.1, -0.05) is 42.5 Å². The van der Waals surface area contributed by atoms with Crippen LogP contribution in [0.2, 0.25) is 0 Å². The van der Waals surface area contributed by atoms with Crippen LogP contribution >= 0.6 is 0 Å². The van der Waals surface area contributed by atoms with E-state index >= 15 is 0 Å². The highest BCUT2D eigenvalue weighted by Crippen LogP contribution is 2.42. The molecule has 106 valence electrons. The molecule has 1 aromatic rings. The highest BCUT2D eigenvalue weighted by atomic mass is 16.5. The minimum Gasteiger partial charge on any atom is -0.481 e. The molecule has 1 aromatic carbocycles. The lowest BCUT2D eigenvalue weighted by atomic mass is 9.65. The molecule has 0 saturated heterocycles. The molecule has 0 amide bonds. The Morgan fingerprint density at radius 1 is 1.30 bits per heavy atom. The zero-order valence-electron chi connectivity index (χ0n) is 11.4. The zero-order chi connectivity index (χ0) is 14.6. The topological polar surface area (TPSA) is 63.6 Å². The van der Waals surface area contributed by atoms with Crippen molar-refractivity contribution in [1.29, 1.82) is 0 Å². The molecule has 0 saturated carbocycles. The summed E-state index contributed by atoms with van der Waals surface area (Å²) in [5, 5.41) is 9.45. The molecular weight excluding hydrogens is 256 g/mol. The molecule has 1 N–H and O–H groups in total. The lowest BCUT2D eigenvalue weighted by Gasteiger charge is -2.37. The summed E-state index contributed by atoms with van der Waals surface area (Å²) in [6.45, 7) is 0. The van der Waals surface area contributed by atoms with Gasteiger partial charge in [0, 0.05) is 0 Å². The first kappa shape index (κ1) is 14.3. The number of carbonyl (C=O) groups excluding carboxylic acids is 1. The van der Waals surface area contributed by atoms with E-state index < -0.39 is 23.3 Å². The number of hydrogen-bond acceptors (Lipinski definition) is 3.